The van der Waals surface area contributed by atoms with E-state index in [1.165, 1.54) is 6.20 Å². The molecule has 0 atom stereocenters. The largest absolute Gasteiger partial charge is 0.344 e. The second-order valence-electron chi connectivity index (χ2n) is 5.10. The van der Waals surface area contributed by atoms with Gasteiger partial charge < -0.3 is 4.57 Å². The van der Waals surface area contributed by atoms with E-state index in [0.717, 1.165) is 23.1 Å². The van der Waals surface area contributed by atoms with Crippen molar-refractivity contribution >= 4 is 23.0 Å². The lowest BCUT2D eigenvalue weighted by Gasteiger charge is -2.05. The molecule has 0 saturated carbocycles. The molecular weight excluding hydrogens is 276 g/mol. The number of para-hydroxylation sites is 1. The average Bonchev–Trinajstić information content (AvgIpc) is 2.85. The third-order valence-corrected chi connectivity index (χ3v) is 3.97. The normalized spacial score (nSPS) is 10.8. The predicted octanol–water partition coefficient (Wildman–Crippen LogP) is 3.41. The minimum atomic E-state index is -0.156. The number of pyridine rings is 1. The first-order valence-corrected chi connectivity index (χ1v) is 7.21. The molecule has 0 aliphatic rings. The third kappa shape index (κ3) is 2.04. The lowest BCUT2D eigenvalue weighted by molar-refractivity contribution is 0.102. The van der Waals surface area contributed by atoms with Crippen LogP contribution in [-0.4, -0.2) is 21.6 Å². The first kappa shape index (κ1) is 14.2. The number of ketones is 1. The minimum Gasteiger partial charge on any atom is -0.344 e. The van der Waals surface area contributed by atoms with Gasteiger partial charge in [-0.15, -0.1) is 0 Å². The second kappa shape index (κ2) is 5.56. The van der Waals surface area contributed by atoms with Gasteiger partial charge in [-0.05, 0) is 32.0 Å². The van der Waals surface area contributed by atoms with Crippen molar-refractivity contribution in [2.24, 2.45) is 0 Å². The molecule has 4 nitrogen and oxygen atoms in total. The van der Waals surface area contributed by atoms with Gasteiger partial charge in [-0.25, -0.2) is 0 Å². The van der Waals surface area contributed by atoms with Crippen LogP contribution in [0.2, 0.25) is 0 Å². The standard InChI is InChI=1S/C18H16N2O2/c1-3-20-12(2)17(14-7-4-5-9-16(14)20)18(22)13-8-6-10-19-15(13)11-21/h4-11H,3H2,1-2H3. The van der Waals surface area contributed by atoms with Gasteiger partial charge in [0.15, 0.2) is 12.1 Å². The summed E-state index contributed by atoms with van der Waals surface area (Å²) in [5.41, 5.74) is 3.12. The zero-order valence-electron chi connectivity index (χ0n) is 12.5. The van der Waals surface area contributed by atoms with Crippen LogP contribution in [0.1, 0.15) is 39.0 Å². The molecular formula is C18H16N2O2. The second-order valence-corrected chi connectivity index (χ2v) is 5.10. The molecule has 0 unspecified atom stereocenters. The first-order chi connectivity index (χ1) is 10.7. The molecule has 0 radical (unpaired) electrons. The Hall–Kier alpha value is -2.75. The molecule has 4 heteroatoms. The van der Waals surface area contributed by atoms with Crippen molar-refractivity contribution in [3.05, 3.63) is 65.1 Å². The molecule has 3 aromatic rings. The van der Waals surface area contributed by atoms with Crippen LogP contribution in [0.3, 0.4) is 0 Å². The average molecular weight is 292 g/mol. The van der Waals surface area contributed by atoms with Crippen LogP contribution in [0.4, 0.5) is 0 Å². The number of carbonyl (C=O) groups is 2. The van der Waals surface area contributed by atoms with E-state index in [1.54, 1.807) is 12.1 Å². The van der Waals surface area contributed by atoms with Crippen molar-refractivity contribution in [1.82, 2.24) is 9.55 Å². The summed E-state index contributed by atoms with van der Waals surface area (Å²) in [6.45, 7) is 4.77. The fourth-order valence-electron chi connectivity index (χ4n) is 2.96. The highest BCUT2D eigenvalue weighted by Crippen LogP contribution is 2.28. The number of fused-ring (bicyclic) bond motifs is 1. The molecule has 3 rings (SSSR count). The number of hydrogen-bond acceptors (Lipinski definition) is 3. The first-order valence-electron chi connectivity index (χ1n) is 7.21. The molecule has 0 spiro atoms. The van der Waals surface area contributed by atoms with Gasteiger partial charge in [0.1, 0.15) is 5.69 Å². The van der Waals surface area contributed by atoms with Crippen molar-refractivity contribution in [3.8, 4) is 0 Å². The summed E-state index contributed by atoms with van der Waals surface area (Å²) in [5, 5.41) is 0.910. The van der Waals surface area contributed by atoms with Crippen LogP contribution < -0.4 is 0 Å². The summed E-state index contributed by atoms with van der Waals surface area (Å²) in [6.07, 6.45) is 2.14. The number of rotatable bonds is 4. The van der Waals surface area contributed by atoms with E-state index >= 15 is 0 Å². The third-order valence-electron chi connectivity index (χ3n) is 3.97. The molecule has 1 aromatic carbocycles. The van der Waals surface area contributed by atoms with Crippen LogP contribution in [-0.2, 0) is 6.54 Å². The van der Waals surface area contributed by atoms with E-state index in [-0.39, 0.29) is 11.5 Å². The minimum absolute atomic E-state index is 0.156. The fraction of sp³-hybridized carbons (Fsp3) is 0.167. The molecule has 0 bridgehead atoms. The van der Waals surface area contributed by atoms with Crippen molar-refractivity contribution in [3.63, 3.8) is 0 Å². The van der Waals surface area contributed by atoms with Crippen LogP contribution in [0.25, 0.3) is 10.9 Å². The summed E-state index contributed by atoms with van der Waals surface area (Å²) in [7, 11) is 0. The Morgan fingerprint density at radius 1 is 1.23 bits per heavy atom. The van der Waals surface area contributed by atoms with Crippen LogP contribution >= 0.6 is 0 Å². The topological polar surface area (TPSA) is 52.0 Å². The Morgan fingerprint density at radius 3 is 2.73 bits per heavy atom. The molecule has 2 heterocycles. The van der Waals surface area contributed by atoms with E-state index in [1.807, 2.05) is 31.2 Å². The number of aryl methyl sites for hydroxylation is 1. The Labute approximate surface area is 128 Å². The van der Waals surface area contributed by atoms with Gasteiger partial charge in [0.05, 0.1) is 11.1 Å². The van der Waals surface area contributed by atoms with Gasteiger partial charge in [0, 0.05) is 29.3 Å². The van der Waals surface area contributed by atoms with Gasteiger partial charge in [0.25, 0.3) is 0 Å². The highest BCUT2D eigenvalue weighted by Gasteiger charge is 2.22. The van der Waals surface area contributed by atoms with E-state index in [4.69, 9.17) is 0 Å². The quantitative estimate of drug-likeness (QED) is 0.547. The summed E-state index contributed by atoms with van der Waals surface area (Å²) in [6, 6.07) is 11.2. The summed E-state index contributed by atoms with van der Waals surface area (Å²) < 4.78 is 2.11. The van der Waals surface area contributed by atoms with E-state index in [2.05, 4.69) is 16.5 Å². The monoisotopic (exact) mass is 292 g/mol. The number of carbonyl (C=O) groups excluding carboxylic acids is 2. The van der Waals surface area contributed by atoms with Crippen molar-refractivity contribution in [1.29, 1.82) is 0 Å². The molecule has 0 aliphatic heterocycles. The van der Waals surface area contributed by atoms with Gasteiger partial charge in [0.2, 0.25) is 0 Å². The maximum atomic E-state index is 13.0. The highest BCUT2D eigenvalue weighted by atomic mass is 16.1. The van der Waals surface area contributed by atoms with Crippen molar-refractivity contribution < 1.29 is 9.59 Å². The van der Waals surface area contributed by atoms with Crippen LogP contribution in [0, 0.1) is 6.92 Å². The Bertz CT molecular complexity index is 878. The maximum absolute atomic E-state index is 13.0. The molecule has 0 amide bonds. The smallest absolute Gasteiger partial charge is 0.197 e. The zero-order chi connectivity index (χ0) is 15.7. The number of nitrogens with zero attached hydrogens (tertiary/aromatic N) is 2. The number of hydrogen-bond donors (Lipinski definition) is 0. The fourth-order valence-corrected chi connectivity index (χ4v) is 2.96. The molecule has 0 fully saturated rings. The van der Waals surface area contributed by atoms with Crippen LogP contribution in [0.15, 0.2) is 42.6 Å². The lowest BCUT2D eigenvalue weighted by Crippen LogP contribution is -2.08. The van der Waals surface area contributed by atoms with Gasteiger partial charge in [-0.1, -0.05) is 18.2 Å². The molecule has 0 aliphatic carbocycles. The molecule has 0 N–H and O–H groups in total. The zero-order valence-corrected chi connectivity index (χ0v) is 12.5. The van der Waals surface area contributed by atoms with Gasteiger partial charge in [-0.3, -0.25) is 14.6 Å². The highest BCUT2D eigenvalue weighted by molar-refractivity contribution is 6.19. The number of aromatic nitrogens is 2. The number of aldehydes is 1. The maximum Gasteiger partial charge on any atom is 0.197 e. The summed E-state index contributed by atoms with van der Waals surface area (Å²) in [5.74, 6) is -0.156. The Balaban J connectivity index is 2.28. The van der Waals surface area contributed by atoms with E-state index < -0.39 is 0 Å². The molecule has 2 aromatic heterocycles. The molecule has 110 valence electrons. The molecule has 0 saturated heterocycles. The predicted molar refractivity (Wildman–Crippen MR) is 85.4 cm³/mol. The summed E-state index contributed by atoms with van der Waals surface area (Å²) >= 11 is 0. The molecule has 22 heavy (non-hydrogen) atoms. The van der Waals surface area contributed by atoms with Gasteiger partial charge in [-0.2, -0.15) is 0 Å². The Kier molecular flexibility index (Phi) is 3.59. The van der Waals surface area contributed by atoms with E-state index in [0.29, 0.717) is 17.4 Å². The van der Waals surface area contributed by atoms with Crippen LogP contribution in [0.5, 0.6) is 0 Å². The number of benzene rings is 1. The summed E-state index contributed by atoms with van der Waals surface area (Å²) in [4.78, 5) is 28.1. The van der Waals surface area contributed by atoms with Crippen molar-refractivity contribution in [2.45, 2.75) is 20.4 Å². The Morgan fingerprint density at radius 2 is 2.00 bits per heavy atom. The lowest BCUT2D eigenvalue weighted by atomic mass is 9.99. The van der Waals surface area contributed by atoms with Crippen molar-refractivity contribution in [2.75, 3.05) is 0 Å². The van der Waals surface area contributed by atoms with Gasteiger partial charge >= 0.3 is 0 Å². The van der Waals surface area contributed by atoms with E-state index in [9.17, 15) is 9.59 Å². The SMILES string of the molecule is CCn1c(C)c(C(=O)c2cccnc2C=O)c2ccccc21.